The van der Waals surface area contributed by atoms with E-state index >= 15 is 0 Å². The van der Waals surface area contributed by atoms with E-state index < -0.39 is 16.1 Å². The van der Waals surface area contributed by atoms with E-state index in [-0.39, 0.29) is 29.3 Å². The lowest BCUT2D eigenvalue weighted by Crippen LogP contribution is -2.48. The Morgan fingerprint density at radius 1 is 0.923 bits per heavy atom. The Morgan fingerprint density at radius 3 is 2.36 bits per heavy atom. The maximum atomic E-state index is 13.8. The van der Waals surface area contributed by atoms with Crippen molar-refractivity contribution in [3.05, 3.63) is 101 Å². The van der Waals surface area contributed by atoms with Crippen molar-refractivity contribution in [2.45, 2.75) is 55.6 Å². The van der Waals surface area contributed by atoms with Crippen molar-refractivity contribution in [2.75, 3.05) is 13.1 Å². The highest BCUT2D eigenvalue weighted by Gasteiger charge is 2.37. The predicted octanol–water partition coefficient (Wildman–Crippen LogP) is 5.18. The van der Waals surface area contributed by atoms with Gasteiger partial charge in [0.2, 0.25) is 15.9 Å². The zero-order valence-corrected chi connectivity index (χ0v) is 23.2. The summed E-state index contributed by atoms with van der Waals surface area (Å²) in [5.74, 6) is -0.334. The maximum Gasteiger partial charge on any atom is 0.254 e. The highest BCUT2D eigenvalue weighted by Crippen LogP contribution is 2.33. The largest absolute Gasteiger partial charge is 0.355 e. The Balaban J connectivity index is 1.39. The van der Waals surface area contributed by atoms with Gasteiger partial charge in [-0.3, -0.25) is 9.59 Å². The van der Waals surface area contributed by atoms with Crippen LogP contribution in [0.25, 0.3) is 0 Å². The number of nitrogens with zero attached hydrogens (tertiary/aromatic N) is 2. The van der Waals surface area contributed by atoms with Crippen LogP contribution in [0.3, 0.4) is 0 Å². The van der Waals surface area contributed by atoms with Crippen LogP contribution in [0.4, 0.5) is 0 Å². The van der Waals surface area contributed by atoms with Crippen LogP contribution in [0.2, 0.25) is 5.02 Å². The molecule has 2 heterocycles. The molecular formula is C30H32ClN3O4S. The van der Waals surface area contributed by atoms with Crippen LogP contribution in [0.15, 0.2) is 83.8 Å². The fourth-order valence-electron chi connectivity index (χ4n) is 5.43. The number of sulfonamides is 1. The van der Waals surface area contributed by atoms with E-state index in [9.17, 15) is 18.0 Å². The monoisotopic (exact) mass is 565 g/mol. The van der Waals surface area contributed by atoms with Gasteiger partial charge in [-0.05, 0) is 79.6 Å². The third-order valence-corrected chi connectivity index (χ3v) is 9.63. The smallest absolute Gasteiger partial charge is 0.254 e. The average Bonchev–Trinajstić information content (AvgIpc) is 3.35. The molecule has 5 rings (SSSR count). The maximum absolute atomic E-state index is 13.8. The van der Waals surface area contributed by atoms with Crippen LogP contribution in [-0.4, -0.2) is 48.6 Å². The van der Waals surface area contributed by atoms with Crippen molar-refractivity contribution in [3.63, 3.8) is 0 Å². The van der Waals surface area contributed by atoms with Gasteiger partial charge in [0.15, 0.2) is 0 Å². The number of halogens is 1. The van der Waals surface area contributed by atoms with E-state index in [1.54, 1.807) is 24.3 Å². The normalized spacial score (nSPS) is 20.1. The zero-order chi connectivity index (χ0) is 27.4. The van der Waals surface area contributed by atoms with Gasteiger partial charge in [0.1, 0.15) is 6.04 Å². The molecule has 0 bridgehead atoms. The first-order valence-electron chi connectivity index (χ1n) is 13.3. The number of likely N-dealkylation sites (tertiary alicyclic amines) is 1. The molecule has 0 aliphatic carbocycles. The van der Waals surface area contributed by atoms with E-state index in [0.717, 1.165) is 31.2 Å². The van der Waals surface area contributed by atoms with Gasteiger partial charge in [0.05, 0.1) is 10.9 Å². The van der Waals surface area contributed by atoms with Gasteiger partial charge in [0, 0.05) is 30.2 Å². The number of benzene rings is 3. The molecule has 2 unspecified atom stereocenters. The first-order chi connectivity index (χ1) is 18.8. The van der Waals surface area contributed by atoms with Crippen molar-refractivity contribution >= 4 is 33.4 Å². The summed E-state index contributed by atoms with van der Waals surface area (Å²) in [6, 6.07) is 22.3. The lowest BCUT2D eigenvalue weighted by Gasteiger charge is -2.29. The predicted molar refractivity (Wildman–Crippen MR) is 151 cm³/mol. The van der Waals surface area contributed by atoms with Crippen LogP contribution in [0, 0.1) is 0 Å². The Labute approximate surface area is 234 Å². The Kier molecular flexibility index (Phi) is 8.35. The van der Waals surface area contributed by atoms with E-state index in [1.165, 1.54) is 28.6 Å². The van der Waals surface area contributed by atoms with Gasteiger partial charge in [-0.1, -0.05) is 54.1 Å². The van der Waals surface area contributed by atoms with Gasteiger partial charge >= 0.3 is 0 Å². The summed E-state index contributed by atoms with van der Waals surface area (Å²) in [7, 11) is -4.00. The van der Waals surface area contributed by atoms with Crippen molar-refractivity contribution in [3.8, 4) is 0 Å². The number of carbonyl (C=O) groups is 2. The minimum Gasteiger partial charge on any atom is -0.355 e. The summed E-state index contributed by atoms with van der Waals surface area (Å²) in [6.07, 6.45) is 3.85. The summed E-state index contributed by atoms with van der Waals surface area (Å²) < 4.78 is 28.8. The van der Waals surface area contributed by atoms with Gasteiger partial charge < -0.3 is 10.2 Å². The molecule has 0 aromatic heterocycles. The summed E-state index contributed by atoms with van der Waals surface area (Å²) in [6.45, 7) is 1.24. The third-order valence-electron chi connectivity index (χ3n) is 7.51. The molecule has 3 aromatic carbocycles. The molecule has 0 radical (unpaired) electrons. The van der Waals surface area contributed by atoms with Gasteiger partial charge in [-0.2, -0.15) is 4.31 Å². The first kappa shape index (κ1) is 27.4. The number of carbonyl (C=O) groups excluding carboxylic acids is 2. The molecule has 204 valence electrons. The SMILES string of the molecule is O=C1NCCCCC1N(Cc1ccc(C(=O)N2CCCC2c2ccccc2)cc1)S(=O)(=O)c1ccc(Cl)cc1. The topological polar surface area (TPSA) is 86.8 Å². The minimum absolute atomic E-state index is 0.00781. The zero-order valence-electron chi connectivity index (χ0n) is 21.6. The fraction of sp³-hybridized carbons (Fsp3) is 0.333. The Hall–Kier alpha value is -3.20. The summed E-state index contributed by atoms with van der Waals surface area (Å²) >= 11 is 5.99. The lowest BCUT2D eigenvalue weighted by atomic mass is 10.0. The molecule has 1 N–H and O–H groups in total. The second kappa shape index (κ2) is 11.9. The molecular weight excluding hydrogens is 534 g/mol. The number of hydrogen-bond donors (Lipinski definition) is 1. The number of nitrogens with one attached hydrogen (secondary N) is 1. The van der Waals surface area contributed by atoms with Crippen molar-refractivity contribution < 1.29 is 18.0 Å². The fourth-order valence-corrected chi connectivity index (χ4v) is 7.16. The van der Waals surface area contributed by atoms with Crippen LogP contribution >= 0.6 is 11.6 Å². The second-order valence-corrected chi connectivity index (χ2v) is 12.4. The minimum atomic E-state index is -4.00. The Morgan fingerprint density at radius 2 is 1.64 bits per heavy atom. The highest BCUT2D eigenvalue weighted by molar-refractivity contribution is 7.89. The van der Waals surface area contributed by atoms with Gasteiger partial charge in [0.25, 0.3) is 5.91 Å². The van der Waals surface area contributed by atoms with E-state index in [2.05, 4.69) is 17.4 Å². The molecule has 39 heavy (non-hydrogen) atoms. The molecule has 2 fully saturated rings. The first-order valence-corrected chi connectivity index (χ1v) is 15.2. The highest BCUT2D eigenvalue weighted by atomic mass is 35.5. The van der Waals surface area contributed by atoms with Crippen molar-refractivity contribution in [1.82, 2.24) is 14.5 Å². The van der Waals surface area contributed by atoms with Crippen LogP contribution in [-0.2, 0) is 21.4 Å². The molecule has 2 saturated heterocycles. The molecule has 3 aromatic rings. The molecule has 2 amide bonds. The van der Waals surface area contributed by atoms with Crippen LogP contribution in [0.5, 0.6) is 0 Å². The van der Waals surface area contributed by atoms with Crippen molar-refractivity contribution in [2.24, 2.45) is 0 Å². The van der Waals surface area contributed by atoms with E-state index in [1.807, 2.05) is 23.1 Å². The average molecular weight is 566 g/mol. The van der Waals surface area contributed by atoms with Gasteiger partial charge in [-0.15, -0.1) is 0 Å². The standard InChI is InChI=1S/C30H32ClN3O4S/c31-25-15-17-26(18-16-25)39(37,38)34(28-9-4-5-19-32-29(28)35)21-22-11-13-24(14-12-22)30(36)33-20-6-10-27(33)23-7-2-1-3-8-23/h1-3,7-8,11-18,27-28H,4-6,9-10,19-21H2,(H,32,35). The molecule has 7 nitrogen and oxygen atoms in total. The summed E-state index contributed by atoms with van der Waals surface area (Å²) in [5, 5.41) is 3.28. The van der Waals surface area contributed by atoms with Crippen LogP contribution in [0.1, 0.15) is 59.6 Å². The molecule has 2 atom stereocenters. The summed E-state index contributed by atoms with van der Waals surface area (Å²) in [5.41, 5.74) is 2.38. The van der Waals surface area contributed by atoms with E-state index in [0.29, 0.717) is 35.7 Å². The van der Waals surface area contributed by atoms with Crippen molar-refractivity contribution in [1.29, 1.82) is 0 Å². The number of hydrogen-bond acceptors (Lipinski definition) is 4. The molecule has 0 spiro atoms. The van der Waals surface area contributed by atoms with Crippen LogP contribution < -0.4 is 5.32 Å². The molecule has 2 aliphatic rings. The second-order valence-electron chi connectivity index (χ2n) is 10.1. The molecule has 9 heteroatoms. The number of rotatable bonds is 7. The van der Waals surface area contributed by atoms with E-state index in [4.69, 9.17) is 11.6 Å². The summed E-state index contributed by atoms with van der Waals surface area (Å²) in [4.78, 5) is 28.3. The molecule has 0 saturated carbocycles. The lowest BCUT2D eigenvalue weighted by molar-refractivity contribution is -0.124. The quantitative estimate of drug-likeness (QED) is 0.428. The number of amides is 2. The third kappa shape index (κ3) is 6.03. The Bertz CT molecular complexity index is 1410. The molecule has 2 aliphatic heterocycles. The van der Waals surface area contributed by atoms with Gasteiger partial charge in [-0.25, -0.2) is 8.42 Å².